The molecule has 2 heteroatoms. The molecule has 2 aliphatic carbocycles. The van der Waals surface area contributed by atoms with Crippen LogP contribution in [-0.4, -0.2) is 36.6 Å². The predicted octanol–water partition coefficient (Wildman–Crippen LogP) is 4.20. The third kappa shape index (κ3) is 4.73. The summed E-state index contributed by atoms with van der Waals surface area (Å²) in [5.74, 6) is 0.900. The van der Waals surface area contributed by atoms with E-state index < -0.39 is 0 Å². The van der Waals surface area contributed by atoms with Gasteiger partial charge in [-0.1, -0.05) is 46.0 Å². The van der Waals surface area contributed by atoms with Gasteiger partial charge in [-0.3, -0.25) is 0 Å². The molecule has 0 saturated heterocycles. The zero-order valence-electron chi connectivity index (χ0n) is 13.9. The average molecular weight is 280 g/mol. The lowest BCUT2D eigenvalue weighted by Gasteiger charge is -2.40. The third-order valence-corrected chi connectivity index (χ3v) is 5.53. The minimum absolute atomic E-state index is 0.793. The summed E-state index contributed by atoms with van der Waals surface area (Å²) in [6.07, 6.45) is 14.3. The summed E-state index contributed by atoms with van der Waals surface area (Å²) < 4.78 is 0. The van der Waals surface area contributed by atoms with E-state index in [-0.39, 0.29) is 0 Å². The van der Waals surface area contributed by atoms with Crippen LogP contribution >= 0.6 is 0 Å². The minimum atomic E-state index is 0.793. The van der Waals surface area contributed by atoms with Crippen LogP contribution in [-0.2, 0) is 0 Å². The molecular weight excluding hydrogens is 244 g/mol. The Balaban J connectivity index is 1.86. The normalized spacial score (nSPS) is 28.9. The highest BCUT2D eigenvalue weighted by atomic mass is 15.2. The summed E-state index contributed by atoms with van der Waals surface area (Å²) in [7, 11) is 0. The highest BCUT2D eigenvalue weighted by molar-refractivity contribution is 4.85. The second-order valence-electron chi connectivity index (χ2n) is 6.98. The summed E-state index contributed by atoms with van der Waals surface area (Å²) in [6, 6.07) is 1.68. The minimum Gasteiger partial charge on any atom is -0.314 e. The largest absolute Gasteiger partial charge is 0.314 e. The summed E-state index contributed by atoms with van der Waals surface area (Å²) in [5, 5.41) is 3.83. The van der Waals surface area contributed by atoms with E-state index in [1.54, 1.807) is 0 Å². The molecule has 0 amide bonds. The Morgan fingerprint density at radius 1 is 0.900 bits per heavy atom. The van der Waals surface area contributed by atoms with E-state index >= 15 is 0 Å². The molecule has 0 aromatic heterocycles. The van der Waals surface area contributed by atoms with Crippen LogP contribution in [0.3, 0.4) is 0 Å². The topological polar surface area (TPSA) is 15.3 Å². The van der Waals surface area contributed by atoms with Gasteiger partial charge >= 0.3 is 0 Å². The Morgan fingerprint density at radius 2 is 1.60 bits per heavy atom. The van der Waals surface area contributed by atoms with Gasteiger partial charge in [0, 0.05) is 18.6 Å². The van der Waals surface area contributed by atoms with E-state index in [2.05, 4.69) is 24.1 Å². The van der Waals surface area contributed by atoms with Gasteiger partial charge in [0.1, 0.15) is 0 Å². The van der Waals surface area contributed by atoms with Crippen LogP contribution in [0.2, 0.25) is 0 Å². The molecule has 0 aromatic carbocycles. The SMILES string of the molecule is CCCNC1CCCCC1CN(CC)C1CCCCC1. The molecule has 0 radical (unpaired) electrons. The van der Waals surface area contributed by atoms with Gasteiger partial charge in [0.15, 0.2) is 0 Å². The van der Waals surface area contributed by atoms with Crippen LogP contribution in [0.4, 0.5) is 0 Å². The first-order valence-corrected chi connectivity index (χ1v) is 9.32. The molecular formula is C18H36N2. The zero-order valence-corrected chi connectivity index (χ0v) is 13.9. The molecule has 2 saturated carbocycles. The quantitative estimate of drug-likeness (QED) is 0.752. The number of rotatable bonds is 7. The van der Waals surface area contributed by atoms with Gasteiger partial charge in [-0.25, -0.2) is 0 Å². The second-order valence-corrected chi connectivity index (χ2v) is 6.98. The molecule has 118 valence electrons. The van der Waals surface area contributed by atoms with E-state index in [0.717, 1.165) is 18.0 Å². The smallest absolute Gasteiger partial charge is 0.0107 e. The maximum atomic E-state index is 3.83. The Kier molecular flexibility index (Phi) is 7.37. The molecule has 0 aromatic rings. The van der Waals surface area contributed by atoms with E-state index in [1.165, 1.54) is 83.8 Å². The average Bonchev–Trinajstić information content (AvgIpc) is 2.52. The van der Waals surface area contributed by atoms with E-state index in [9.17, 15) is 0 Å². The number of nitrogens with one attached hydrogen (secondary N) is 1. The molecule has 2 fully saturated rings. The molecule has 2 atom stereocenters. The Bertz CT molecular complexity index is 248. The Labute approximate surface area is 126 Å². The fraction of sp³-hybridized carbons (Fsp3) is 1.00. The van der Waals surface area contributed by atoms with Crippen molar-refractivity contribution in [3.63, 3.8) is 0 Å². The lowest BCUT2D eigenvalue weighted by molar-refractivity contribution is 0.111. The van der Waals surface area contributed by atoms with Gasteiger partial charge in [-0.05, 0) is 51.1 Å². The van der Waals surface area contributed by atoms with Crippen molar-refractivity contribution in [1.29, 1.82) is 0 Å². The summed E-state index contributed by atoms with van der Waals surface area (Å²) in [5.41, 5.74) is 0. The molecule has 2 nitrogen and oxygen atoms in total. The number of hydrogen-bond acceptors (Lipinski definition) is 2. The fourth-order valence-corrected chi connectivity index (χ4v) is 4.31. The first-order valence-electron chi connectivity index (χ1n) is 9.32. The molecule has 0 bridgehead atoms. The summed E-state index contributed by atoms with van der Waals surface area (Å²) >= 11 is 0. The summed E-state index contributed by atoms with van der Waals surface area (Å²) in [6.45, 7) is 8.46. The predicted molar refractivity (Wildman–Crippen MR) is 88.2 cm³/mol. The molecule has 1 N–H and O–H groups in total. The fourth-order valence-electron chi connectivity index (χ4n) is 4.31. The van der Waals surface area contributed by atoms with Gasteiger partial charge < -0.3 is 10.2 Å². The van der Waals surface area contributed by atoms with Crippen LogP contribution in [0.15, 0.2) is 0 Å². The van der Waals surface area contributed by atoms with Crippen molar-refractivity contribution in [3.05, 3.63) is 0 Å². The molecule has 2 rings (SSSR count). The maximum Gasteiger partial charge on any atom is 0.0107 e. The molecule has 0 aliphatic heterocycles. The Morgan fingerprint density at radius 3 is 2.30 bits per heavy atom. The molecule has 2 unspecified atom stereocenters. The standard InChI is InChI=1S/C18H36N2/c1-3-14-19-18-13-9-8-10-16(18)15-20(4-2)17-11-6-5-7-12-17/h16-19H,3-15H2,1-2H3. The van der Waals surface area contributed by atoms with Crippen molar-refractivity contribution in [2.45, 2.75) is 90.1 Å². The van der Waals surface area contributed by atoms with Crippen molar-refractivity contribution < 1.29 is 0 Å². The lowest BCUT2D eigenvalue weighted by Crippen LogP contribution is -2.47. The maximum absolute atomic E-state index is 3.83. The van der Waals surface area contributed by atoms with Crippen LogP contribution in [0.25, 0.3) is 0 Å². The van der Waals surface area contributed by atoms with Crippen molar-refractivity contribution in [3.8, 4) is 0 Å². The van der Waals surface area contributed by atoms with Crippen LogP contribution in [0.1, 0.15) is 78.1 Å². The van der Waals surface area contributed by atoms with Crippen molar-refractivity contribution in [2.24, 2.45) is 5.92 Å². The molecule has 0 spiro atoms. The number of hydrogen-bond donors (Lipinski definition) is 1. The molecule has 20 heavy (non-hydrogen) atoms. The van der Waals surface area contributed by atoms with Gasteiger partial charge in [0.2, 0.25) is 0 Å². The van der Waals surface area contributed by atoms with E-state index in [4.69, 9.17) is 0 Å². The first-order chi connectivity index (χ1) is 9.85. The zero-order chi connectivity index (χ0) is 14.2. The molecule has 2 aliphatic rings. The number of nitrogens with zero attached hydrogens (tertiary/aromatic N) is 1. The highest BCUT2D eigenvalue weighted by Crippen LogP contribution is 2.28. The Hall–Kier alpha value is -0.0800. The van der Waals surface area contributed by atoms with Gasteiger partial charge in [0.25, 0.3) is 0 Å². The second kappa shape index (κ2) is 9.04. The van der Waals surface area contributed by atoms with E-state index in [0.29, 0.717) is 0 Å². The lowest BCUT2D eigenvalue weighted by atomic mass is 9.83. The third-order valence-electron chi connectivity index (χ3n) is 5.53. The van der Waals surface area contributed by atoms with Crippen LogP contribution in [0, 0.1) is 5.92 Å². The van der Waals surface area contributed by atoms with Crippen molar-refractivity contribution in [1.82, 2.24) is 10.2 Å². The summed E-state index contributed by atoms with van der Waals surface area (Å²) in [4.78, 5) is 2.82. The van der Waals surface area contributed by atoms with Crippen molar-refractivity contribution in [2.75, 3.05) is 19.6 Å². The van der Waals surface area contributed by atoms with Crippen molar-refractivity contribution >= 4 is 0 Å². The highest BCUT2D eigenvalue weighted by Gasteiger charge is 2.28. The molecule has 0 heterocycles. The van der Waals surface area contributed by atoms with E-state index in [1.807, 2.05) is 0 Å². The van der Waals surface area contributed by atoms with Gasteiger partial charge in [0.05, 0.1) is 0 Å². The van der Waals surface area contributed by atoms with Gasteiger partial charge in [-0.2, -0.15) is 0 Å². The monoisotopic (exact) mass is 280 g/mol. The van der Waals surface area contributed by atoms with Crippen LogP contribution in [0.5, 0.6) is 0 Å². The first kappa shape index (κ1) is 16.3. The van der Waals surface area contributed by atoms with Gasteiger partial charge in [-0.15, -0.1) is 0 Å². The van der Waals surface area contributed by atoms with Crippen LogP contribution < -0.4 is 5.32 Å².